The minimum atomic E-state index is 0.381. The van der Waals surface area contributed by atoms with Gasteiger partial charge in [-0.2, -0.15) is 0 Å². The number of nitrogens with zero attached hydrogens (tertiary/aromatic N) is 1. The lowest BCUT2D eigenvalue weighted by Gasteiger charge is -1.98. The molecule has 2 N–H and O–H groups in total. The predicted octanol–water partition coefficient (Wildman–Crippen LogP) is 0.761. The van der Waals surface area contributed by atoms with Crippen molar-refractivity contribution < 1.29 is 9.26 Å². The van der Waals surface area contributed by atoms with E-state index in [1.807, 2.05) is 0 Å². The minimum absolute atomic E-state index is 0.381. The maximum absolute atomic E-state index is 5.38. The van der Waals surface area contributed by atoms with Gasteiger partial charge in [-0.25, -0.2) is 0 Å². The molecule has 1 aliphatic rings. The average molecular weight is 154 g/mol. The highest BCUT2D eigenvalue weighted by Crippen LogP contribution is 2.24. The topological polar surface area (TPSA) is 61.3 Å². The van der Waals surface area contributed by atoms with Gasteiger partial charge in [-0.1, -0.05) is 5.16 Å². The summed E-state index contributed by atoms with van der Waals surface area (Å²) in [5, 5.41) is 3.82. The van der Waals surface area contributed by atoms with Crippen LogP contribution in [0.2, 0.25) is 0 Å². The van der Waals surface area contributed by atoms with Crippen LogP contribution in [0.25, 0.3) is 0 Å². The van der Waals surface area contributed by atoms with Crippen molar-refractivity contribution in [3.8, 4) is 0 Å². The number of hydrogen-bond acceptors (Lipinski definition) is 4. The Morgan fingerprint density at radius 3 is 3.09 bits per heavy atom. The van der Waals surface area contributed by atoms with Crippen molar-refractivity contribution in [3.05, 3.63) is 11.8 Å². The smallest absolute Gasteiger partial charge is 0.222 e. The van der Waals surface area contributed by atoms with Gasteiger partial charge in [-0.3, -0.25) is 0 Å². The lowest BCUT2D eigenvalue weighted by molar-refractivity contribution is 0.193. The zero-order valence-corrected chi connectivity index (χ0v) is 6.12. The van der Waals surface area contributed by atoms with Gasteiger partial charge < -0.3 is 15.0 Å². The second-order valence-electron chi connectivity index (χ2n) is 2.71. The summed E-state index contributed by atoms with van der Waals surface area (Å²) >= 11 is 0. The molecule has 1 aromatic rings. The molecule has 0 aliphatic carbocycles. The zero-order valence-electron chi connectivity index (χ0n) is 6.12. The maximum Gasteiger partial charge on any atom is 0.222 e. The van der Waals surface area contributed by atoms with E-state index in [1.165, 1.54) is 0 Å². The Labute approximate surface area is 64.3 Å². The summed E-state index contributed by atoms with van der Waals surface area (Å²) in [5.41, 5.74) is 6.29. The largest absolute Gasteiger partial charge is 0.381 e. The van der Waals surface area contributed by atoms with E-state index < -0.39 is 0 Å². The number of anilines is 1. The molecule has 1 aromatic heterocycles. The molecule has 1 fully saturated rings. The SMILES string of the molecule is Nc1cc([C@H]2CCOC2)no1. The monoisotopic (exact) mass is 154 g/mol. The number of nitrogen functional groups attached to an aromatic ring is 1. The first kappa shape index (κ1) is 6.67. The molecule has 60 valence electrons. The highest BCUT2D eigenvalue weighted by Gasteiger charge is 2.20. The highest BCUT2D eigenvalue weighted by atomic mass is 16.5. The molecule has 0 unspecified atom stereocenters. The van der Waals surface area contributed by atoms with Crippen LogP contribution in [0.4, 0.5) is 5.88 Å². The molecule has 0 spiro atoms. The van der Waals surface area contributed by atoms with Gasteiger partial charge in [0.2, 0.25) is 5.88 Å². The average Bonchev–Trinajstić information content (AvgIpc) is 2.55. The molecule has 1 saturated heterocycles. The maximum atomic E-state index is 5.38. The van der Waals surface area contributed by atoms with Gasteiger partial charge in [0, 0.05) is 18.6 Å². The van der Waals surface area contributed by atoms with Crippen molar-refractivity contribution in [3.63, 3.8) is 0 Å². The molecule has 0 amide bonds. The number of hydrogen-bond donors (Lipinski definition) is 1. The van der Waals surface area contributed by atoms with Gasteiger partial charge in [-0.05, 0) is 6.42 Å². The molecule has 0 radical (unpaired) electrons. The van der Waals surface area contributed by atoms with E-state index in [4.69, 9.17) is 15.0 Å². The molecular formula is C7H10N2O2. The van der Waals surface area contributed by atoms with Crippen LogP contribution in [0.3, 0.4) is 0 Å². The Bertz CT molecular complexity index is 240. The van der Waals surface area contributed by atoms with Crippen LogP contribution in [-0.4, -0.2) is 18.4 Å². The van der Waals surface area contributed by atoms with Crippen molar-refractivity contribution >= 4 is 5.88 Å². The Balaban J connectivity index is 2.15. The summed E-state index contributed by atoms with van der Waals surface area (Å²) in [4.78, 5) is 0. The van der Waals surface area contributed by atoms with Crippen LogP contribution in [0.15, 0.2) is 10.6 Å². The molecule has 4 nitrogen and oxygen atoms in total. The molecule has 2 rings (SSSR count). The summed E-state index contributed by atoms with van der Waals surface area (Å²) in [6, 6.07) is 1.76. The molecular weight excluding hydrogens is 144 g/mol. The van der Waals surface area contributed by atoms with Gasteiger partial charge in [0.1, 0.15) is 0 Å². The number of nitrogens with two attached hydrogens (primary N) is 1. The molecule has 1 atom stereocenters. The summed E-state index contributed by atoms with van der Waals surface area (Å²) in [5.74, 6) is 0.767. The standard InChI is InChI=1S/C7H10N2O2/c8-7-3-6(9-11-7)5-1-2-10-4-5/h3,5H,1-2,4,8H2/t5-/m0/s1. The zero-order chi connectivity index (χ0) is 7.68. The second kappa shape index (κ2) is 2.54. The normalized spacial score (nSPS) is 24.2. The fourth-order valence-electron chi connectivity index (χ4n) is 1.26. The summed E-state index contributed by atoms with van der Waals surface area (Å²) < 4.78 is 9.95. The summed E-state index contributed by atoms with van der Waals surface area (Å²) in [6.07, 6.45) is 1.02. The fraction of sp³-hybridized carbons (Fsp3) is 0.571. The van der Waals surface area contributed by atoms with Crippen LogP contribution in [0.1, 0.15) is 18.0 Å². The molecule has 2 heterocycles. The van der Waals surface area contributed by atoms with Crippen molar-refractivity contribution in [2.75, 3.05) is 18.9 Å². The first-order chi connectivity index (χ1) is 5.36. The van der Waals surface area contributed by atoms with Crippen LogP contribution in [0, 0.1) is 0 Å². The third-order valence-corrected chi connectivity index (χ3v) is 1.89. The Morgan fingerprint density at radius 1 is 1.64 bits per heavy atom. The van der Waals surface area contributed by atoms with Crippen molar-refractivity contribution in [2.45, 2.75) is 12.3 Å². The van der Waals surface area contributed by atoms with E-state index in [0.29, 0.717) is 11.8 Å². The third kappa shape index (κ3) is 1.21. The lowest BCUT2D eigenvalue weighted by atomic mass is 10.1. The first-order valence-electron chi connectivity index (χ1n) is 3.66. The van der Waals surface area contributed by atoms with Gasteiger partial charge in [-0.15, -0.1) is 0 Å². The van der Waals surface area contributed by atoms with E-state index in [-0.39, 0.29) is 0 Å². The van der Waals surface area contributed by atoms with Crippen LogP contribution >= 0.6 is 0 Å². The Kier molecular flexibility index (Phi) is 1.54. The molecule has 1 aliphatic heterocycles. The van der Waals surface area contributed by atoms with Gasteiger partial charge >= 0.3 is 0 Å². The molecule has 0 bridgehead atoms. The van der Waals surface area contributed by atoms with E-state index in [9.17, 15) is 0 Å². The van der Waals surface area contributed by atoms with Crippen molar-refractivity contribution in [1.82, 2.24) is 5.16 Å². The molecule has 4 heteroatoms. The quantitative estimate of drug-likeness (QED) is 0.648. The molecule has 11 heavy (non-hydrogen) atoms. The van der Waals surface area contributed by atoms with Gasteiger partial charge in [0.25, 0.3) is 0 Å². The Morgan fingerprint density at radius 2 is 2.55 bits per heavy atom. The van der Waals surface area contributed by atoms with Crippen molar-refractivity contribution in [2.24, 2.45) is 0 Å². The van der Waals surface area contributed by atoms with Crippen molar-refractivity contribution in [1.29, 1.82) is 0 Å². The lowest BCUT2D eigenvalue weighted by Crippen LogP contribution is -1.96. The summed E-state index contributed by atoms with van der Waals surface area (Å²) in [7, 11) is 0. The van der Waals surface area contributed by atoms with Crippen LogP contribution in [-0.2, 0) is 4.74 Å². The predicted molar refractivity (Wildman–Crippen MR) is 39.1 cm³/mol. The van der Waals surface area contributed by atoms with E-state index in [2.05, 4.69) is 5.16 Å². The number of rotatable bonds is 1. The van der Waals surface area contributed by atoms with Gasteiger partial charge in [0.15, 0.2) is 0 Å². The van der Waals surface area contributed by atoms with Crippen LogP contribution in [0.5, 0.6) is 0 Å². The second-order valence-corrected chi connectivity index (χ2v) is 2.71. The van der Waals surface area contributed by atoms with E-state index >= 15 is 0 Å². The fourth-order valence-corrected chi connectivity index (χ4v) is 1.26. The minimum Gasteiger partial charge on any atom is -0.381 e. The number of aromatic nitrogens is 1. The third-order valence-electron chi connectivity index (χ3n) is 1.89. The molecule has 0 saturated carbocycles. The number of ether oxygens (including phenoxy) is 1. The Hall–Kier alpha value is -1.03. The van der Waals surface area contributed by atoms with E-state index in [0.717, 1.165) is 25.3 Å². The van der Waals surface area contributed by atoms with E-state index in [1.54, 1.807) is 6.07 Å². The molecule has 0 aromatic carbocycles. The van der Waals surface area contributed by atoms with Crippen LogP contribution < -0.4 is 5.73 Å². The summed E-state index contributed by atoms with van der Waals surface area (Å²) in [6.45, 7) is 1.56. The first-order valence-corrected chi connectivity index (χ1v) is 3.66. The highest BCUT2D eigenvalue weighted by molar-refractivity contribution is 5.26. The van der Waals surface area contributed by atoms with Gasteiger partial charge in [0.05, 0.1) is 12.3 Å².